The smallest absolute Gasteiger partial charge is 0.266 e. The highest BCUT2D eigenvalue weighted by molar-refractivity contribution is 7.99. The number of hydrogen-bond acceptors (Lipinski definition) is 5. The average molecular weight is 455 g/mol. The summed E-state index contributed by atoms with van der Waals surface area (Å²) in [6, 6.07) is 14.8. The molecule has 0 aliphatic rings. The number of halogens is 1. The second-order valence-corrected chi connectivity index (χ2v) is 8.52. The summed E-state index contributed by atoms with van der Waals surface area (Å²) in [5.41, 5.74) is 2.16. The van der Waals surface area contributed by atoms with Gasteiger partial charge in [-0.3, -0.25) is 14.2 Å². The minimum Gasteiger partial charge on any atom is -0.354 e. The lowest BCUT2D eigenvalue weighted by Crippen LogP contribution is -2.27. The van der Waals surface area contributed by atoms with E-state index >= 15 is 0 Å². The van der Waals surface area contributed by atoms with Crippen LogP contribution in [-0.2, 0) is 4.79 Å². The summed E-state index contributed by atoms with van der Waals surface area (Å²) in [6.45, 7) is 4.59. The molecule has 1 atom stereocenters. The molecule has 0 radical (unpaired) electrons. The van der Waals surface area contributed by atoms with Gasteiger partial charge >= 0.3 is 0 Å². The zero-order valence-electron chi connectivity index (χ0n) is 17.4. The van der Waals surface area contributed by atoms with E-state index in [9.17, 15) is 9.59 Å². The van der Waals surface area contributed by atoms with Gasteiger partial charge in [0.05, 0.1) is 34.8 Å². The number of hydrogen-bond donors (Lipinski definition) is 1. The first kappa shape index (κ1) is 22.9. The van der Waals surface area contributed by atoms with Crippen LogP contribution in [0.25, 0.3) is 16.6 Å². The van der Waals surface area contributed by atoms with Gasteiger partial charge in [0.25, 0.3) is 5.56 Å². The molecule has 3 aromatic rings. The van der Waals surface area contributed by atoms with Crippen LogP contribution in [0.15, 0.2) is 52.4 Å². The van der Waals surface area contributed by atoms with Crippen LogP contribution in [0.5, 0.6) is 0 Å². The number of thioether (sulfide) groups is 1. The van der Waals surface area contributed by atoms with Gasteiger partial charge in [0.15, 0.2) is 5.16 Å². The van der Waals surface area contributed by atoms with Crippen LogP contribution in [0.3, 0.4) is 0 Å². The van der Waals surface area contributed by atoms with Crippen molar-refractivity contribution in [3.8, 4) is 11.8 Å². The van der Waals surface area contributed by atoms with Crippen LogP contribution >= 0.6 is 23.4 Å². The van der Waals surface area contributed by atoms with Crippen LogP contribution in [0.2, 0.25) is 5.02 Å². The van der Waals surface area contributed by atoms with Crippen LogP contribution in [0, 0.1) is 11.3 Å². The maximum absolute atomic E-state index is 13.3. The largest absolute Gasteiger partial charge is 0.354 e. The Labute approximate surface area is 190 Å². The Morgan fingerprint density at radius 3 is 2.71 bits per heavy atom. The molecule has 0 bridgehead atoms. The molecule has 0 aliphatic carbocycles. The topological polar surface area (TPSA) is 87.8 Å². The van der Waals surface area contributed by atoms with Gasteiger partial charge in [-0.2, -0.15) is 5.26 Å². The van der Waals surface area contributed by atoms with Gasteiger partial charge in [-0.1, -0.05) is 49.3 Å². The van der Waals surface area contributed by atoms with E-state index in [1.54, 1.807) is 18.2 Å². The van der Waals surface area contributed by atoms with E-state index in [0.29, 0.717) is 39.2 Å². The Kier molecular flexibility index (Phi) is 7.72. The number of amides is 1. The third-order valence-electron chi connectivity index (χ3n) is 5.02. The zero-order chi connectivity index (χ0) is 22.4. The molecule has 160 valence electrons. The zero-order valence-corrected chi connectivity index (χ0v) is 19.0. The van der Waals surface area contributed by atoms with Crippen LogP contribution in [0.4, 0.5) is 0 Å². The number of nitrogens with one attached hydrogen (secondary N) is 1. The second-order valence-electron chi connectivity index (χ2n) is 7.14. The maximum Gasteiger partial charge on any atom is 0.266 e. The van der Waals surface area contributed by atoms with Crippen molar-refractivity contribution in [1.29, 1.82) is 5.26 Å². The molecule has 0 saturated carbocycles. The number of carbonyl (C=O) groups excluding carboxylic acids is 1. The summed E-state index contributed by atoms with van der Waals surface area (Å²) in [4.78, 5) is 30.1. The fourth-order valence-electron chi connectivity index (χ4n) is 3.09. The third kappa shape index (κ3) is 5.46. The first-order chi connectivity index (χ1) is 14.9. The highest BCUT2D eigenvalue weighted by Gasteiger charge is 2.15. The fraction of sp³-hybridized carbons (Fsp3) is 0.304. The van der Waals surface area contributed by atoms with E-state index in [-0.39, 0.29) is 23.6 Å². The van der Waals surface area contributed by atoms with Gasteiger partial charge in [0.1, 0.15) is 0 Å². The highest BCUT2D eigenvalue weighted by atomic mass is 35.5. The van der Waals surface area contributed by atoms with E-state index in [1.807, 2.05) is 30.3 Å². The molecule has 0 spiro atoms. The molecular weight excluding hydrogens is 432 g/mol. The van der Waals surface area contributed by atoms with Crippen molar-refractivity contribution in [1.82, 2.24) is 14.9 Å². The van der Waals surface area contributed by atoms with Crippen molar-refractivity contribution in [3.05, 3.63) is 63.4 Å². The van der Waals surface area contributed by atoms with Crippen LogP contribution in [-0.4, -0.2) is 27.8 Å². The normalized spacial score (nSPS) is 11.8. The summed E-state index contributed by atoms with van der Waals surface area (Å²) >= 11 is 7.26. The molecule has 0 fully saturated rings. The lowest BCUT2D eigenvalue weighted by atomic mass is 9.98. The minimum atomic E-state index is -0.223. The van der Waals surface area contributed by atoms with Gasteiger partial charge < -0.3 is 5.32 Å². The lowest BCUT2D eigenvalue weighted by Gasteiger charge is -2.15. The van der Waals surface area contributed by atoms with E-state index in [2.05, 4.69) is 24.1 Å². The maximum atomic E-state index is 13.3. The van der Waals surface area contributed by atoms with E-state index < -0.39 is 0 Å². The molecule has 0 saturated heterocycles. The molecule has 2 aromatic carbocycles. The fourth-order valence-corrected chi connectivity index (χ4v) is 4.10. The summed E-state index contributed by atoms with van der Waals surface area (Å²) in [6.07, 6.45) is 1.27. The first-order valence-corrected chi connectivity index (χ1v) is 11.4. The molecule has 6 nitrogen and oxygen atoms in total. The molecule has 1 aromatic heterocycles. The number of nitrogens with zero attached hydrogens (tertiary/aromatic N) is 3. The summed E-state index contributed by atoms with van der Waals surface area (Å²) in [7, 11) is 0. The summed E-state index contributed by atoms with van der Waals surface area (Å²) in [5.74, 6) is 0.280. The predicted molar refractivity (Wildman–Crippen MR) is 125 cm³/mol. The molecule has 3 rings (SSSR count). The molecular formula is C23H23ClN4O2S. The molecule has 1 heterocycles. The first-order valence-electron chi connectivity index (χ1n) is 10.0. The molecule has 31 heavy (non-hydrogen) atoms. The Bertz CT molecular complexity index is 1190. The van der Waals surface area contributed by atoms with Gasteiger partial charge in [0, 0.05) is 11.6 Å². The highest BCUT2D eigenvalue weighted by Crippen LogP contribution is 2.25. The number of nitriles is 1. The van der Waals surface area contributed by atoms with Crippen molar-refractivity contribution < 1.29 is 4.79 Å². The Balaban J connectivity index is 2.01. The molecule has 1 N–H and O–H groups in total. The summed E-state index contributed by atoms with van der Waals surface area (Å²) < 4.78 is 1.53. The van der Waals surface area contributed by atoms with Crippen molar-refractivity contribution in [2.75, 3.05) is 12.3 Å². The van der Waals surface area contributed by atoms with Gasteiger partial charge in [-0.25, -0.2) is 4.98 Å². The van der Waals surface area contributed by atoms with E-state index in [0.717, 1.165) is 6.42 Å². The molecule has 0 aliphatic heterocycles. The number of aromatic nitrogens is 2. The molecule has 8 heteroatoms. The molecule has 1 amide bonds. The van der Waals surface area contributed by atoms with Crippen LogP contribution in [0.1, 0.15) is 38.2 Å². The van der Waals surface area contributed by atoms with E-state index in [4.69, 9.17) is 16.9 Å². The minimum absolute atomic E-state index is 0.0783. The van der Waals surface area contributed by atoms with Crippen molar-refractivity contribution in [2.45, 2.75) is 37.8 Å². The summed E-state index contributed by atoms with van der Waals surface area (Å²) in [5, 5.41) is 12.6. The van der Waals surface area contributed by atoms with Crippen molar-refractivity contribution in [3.63, 3.8) is 0 Å². The van der Waals surface area contributed by atoms with E-state index in [1.165, 1.54) is 21.9 Å². The number of carbonyl (C=O) groups is 1. The standard InChI is InChI=1S/C23H23ClN4O2S/c1-3-15(2)16-5-8-18(9-6-16)28-22(30)19-10-7-17(24)13-20(19)27-23(28)31-14-21(29)26-12-4-11-25/h5-10,13,15H,3-4,12,14H2,1-2H3,(H,26,29). The Morgan fingerprint density at radius 1 is 1.29 bits per heavy atom. The predicted octanol–water partition coefficient (Wildman–Crippen LogP) is 4.67. The quantitative estimate of drug-likeness (QED) is 0.303. The monoisotopic (exact) mass is 454 g/mol. The number of benzene rings is 2. The Morgan fingerprint density at radius 2 is 2.03 bits per heavy atom. The third-order valence-corrected chi connectivity index (χ3v) is 6.20. The van der Waals surface area contributed by atoms with Gasteiger partial charge in [-0.05, 0) is 48.2 Å². The average Bonchev–Trinajstić information content (AvgIpc) is 2.77. The van der Waals surface area contributed by atoms with Crippen molar-refractivity contribution in [2.24, 2.45) is 0 Å². The van der Waals surface area contributed by atoms with Crippen molar-refractivity contribution >= 4 is 40.2 Å². The Hall–Kier alpha value is -2.82. The molecule has 1 unspecified atom stereocenters. The number of fused-ring (bicyclic) bond motifs is 1. The van der Waals surface area contributed by atoms with Gasteiger partial charge in [-0.15, -0.1) is 0 Å². The SMILES string of the molecule is CCC(C)c1ccc(-n2c(SCC(=O)NCCC#N)nc3cc(Cl)ccc3c2=O)cc1. The number of rotatable bonds is 8. The van der Waals surface area contributed by atoms with Crippen LogP contribution < -0.4 is 10.9 Å². The van der Waals surface area contributed by atoms with Gasteiger partial charge in [0.2, 0.25) is 5.91 Å². The lowest BCUT2D eigenvalue weighted by molar-refractivity contribution is -0.118. The second kappa shape index (κ2) is 10.5.